The third-order valence-electron chi connectivity index (χ3n) is 4.18. The second kappa shape index (κ2) is 8.76. The van der Waals surface area contributed by atoms with Gasteiger partial charge < -0.3 is 15.8 Å². The number of likely N-dealkylation sites (tertiary alicyclic amines) is 1. The normalized spacial score (nSPS) is 16.5. The van der Waals surface area contributed by atoms with Crippen LogP contribution in [0.15, 0.2) is 24.3 Å². The number of methoxy groups -OCH3 is 1. The van der Waals surface area contributed by atoms with E-state index in [1.54, 1.807) is 7.11 Å². The Labute approximate surface area is 132 Å². The maximum atomic E-state index is 11.8. The summed E-state index contributed by atoms with van der Waals surface area (Å²) in [4.78, 5) is 14.3. The Balaban J connectivity index is 2.00. The highest BCUT2D eigenvalue weighted by molar-refractivity contribution is 5.75. The smallest absolute Gasteiger partial charge is 0.220 e. The van der Waals surface area contributed by atoms with E-state index in [0.29, 0.717) is 19.5 Å². The lowest BCUT2D eigenvalue weighted by molar-refractivity contribution is -0.121. The molecule has 5 nitrogen and oxygen atoms in total. The Bertz CT molecular complexity index is 455. The van der Waals surface area contributed by atoms with Crippen LogP contribution in [0.1, 0.15) is 37.3 Å². The monoisotopic (exact) mass is 305 g/mol. The van der Waals surface area contributed by atoms with Gasteiger partial charge in [0.05, 0.1) is 13.2 Å². The molecule has 0 radical (unpaired) electrons. The lowest BCUT2D eigenvalue weighted by Crippen LogP contribution is -2.36. The van der Waals surface area contributed by atoms with Gasteiger partial charge in [-0.2, -0.15) is 0 Å². The molecule has 1 aliphatic heterocycles. The van der Waals surface area contributed by atoms with Gasteiger partial charge >= 0.3 is 0 Å². The van der Waals surface area contributed by atoms with Crippen molar-refractivity contribution in [2.24, 2.45) is 5.73 Å². The first-order valence-electron chi connectivity index (χ1n) is 8.09. The van der Waals surface area contributed by atoms with Crippen molar-refractivity contribution in [2.75, 3.05) is 33.3 Å². The molecule has 1 unspecified atom stereocenters. The van der Waals surface area contributed by atoms with Crippen molar-refractivity contribution in [1.29, 1.82) is 0 Å². The van der Waals surface area contributed by atoms with E-state index in [0.717, 1.165) is 25.3 Å². The zero-order chi connectivity index (χ0) is 15.8. The zero-order valence-electron chi connectivity index (χ0n) is 13.4. The largest absolute Gasteiger partial charge is 0.497 e. The number of carbonyl (C=O) groups excluding carboxylic acids is 1. The molecule has 1 saturated heterocycles. The average Bonchev–Trinajstić information content (AvgIpc) is 3.08. The van der Waals surface area contributed by atoms with Crippen LogP contribution in [0.5, 0.6) is 5.75 Å². The number of benzene rings is 1. The summed E-state index contributed by atoms with van der Waals surface area (Å²) >= 11 is 0. The summed E-state index contributed by atoms with van der Waals surface area (Å²) in [6.07, 6.45) is 3.70. The van der Waals surface area contributed by atoms with Gasteiger partial charge in [0.25, 0.3) is 0 Å². The minimum atomic E-state index is 0.0863. The van der Waals surface area contributed by atoms with Crippen molar-refractivity contribution >= 4 is 5.91 Å². The first-order valence-corrected chi connectivity index (χ1v) is 8.09. The number of rotatable bonds is 8. The van der Waals surface area contributed by atoms with Gasteiger partial charge in [-0.25, -0.2) is 0 Å². The number of amides is 1. The second-order valence-corrected chi connectivity index (χ2v) is 5.73. The van der Waals surface area contributed by atoms with Gasteiger partial charge in [-0.15, -0.1) is 0 Å². The van der Waals surface area contributed by atoms with Gasteiger partial charge in [0, 0.05) is 13.0 Å². The van der Waals surface area contributed by atoms with Gasteiger partial charge in [-0.05, 0) is 56.6 Å². The Morgan fingerprint density at radius 2 is 2.00 bits per heavy atom. The van der Waals surface area contributed by atoms with E-state index in [1.807, 2.05) is 12.1 Å². The zero-order valence-corrected chi connectivity index (χ0v) is 13.4. The Hall–Kier alpha value is -1.59. The Morgan fingerprint density at radius 3 is 2.59 bits per heavy atom. The molecular weight excluding hydrogens is 278 g/mol. The molecule has 1 heterocycles. The number of nitrogens with zero attached hydrogens (tertiary/aromatic N) is 1. The van der Waals surface area contributed by atoms with Crippen molar-refractivity contribution in [2.45, 2.75) is 31.7 Å². The van der Waals surface area contributed by atoms with Crippen molar-refractivity contribution in [3.05, 3.63) is 29.8 Å². The standard InChI is InChI=1S/C17H27N3O2/c1-22-15-8-6-14(7-9-15)16(20-11-2-3-12-20)13-19-17(21)5-4-10-18/h6-9,16H,2-5,10-13,18H2,1H3,(H,19,21). The van der Waals surface area contributed by atoms with Gasteiger partial charge in [0.1, 0.15) is 5.75 Å². The van der Waals surface area contributed by atoms with E-state index >= 15 is 0 Å². The van der Waals surface area contributed by atoms with Crippen LogP contribution >= 0.6 is 0 Å². The Morgan fingerprint density at radius 1 is 1.32 bits per heavy atom. The van der Waals surface area contributed by atoms with E-state index < -0.39 is 0 Å². The minimum absolute atomic E-state index is 0.0863. The summed E-state index contributed by atoms with van der Waals surface area (Å²) in [5.41, 5.74) is 6.67. The molecule has 5 heteroatoms. The SMILES string of the molecule is COc1ccc(C(CNC(=O)CCCN)N2CCCC2)cc1. The molecule has 1 fully saturated rings. The van der Waals surface area contributed by atoms with Gasteiger partial charge in [-0.3, -0.25) is 9.69 Å². The predicted molar refractivity (Wildman–Crippen MR) is 87.8 cm³/mol. The van der Waals surface area contributed by atoms with Crippen LogP contribution in [0.3, 0.4) is 0 Å². The topological polar surface area (TPSA) is 67.6 Å². The lowest BCUT2D eigenvalue weighted by atomic mass is 10.1. The molecule has 122 valence electrons. The Kier molecular flexibility index (Phi) is 6.68. The van der Waals surface area contributed by atoms with E-state index in [1.165, 1.54) is 18.4 Å². The van der Waals surface area contributed by atoms with Crippen molar-refractivity contribution in [3.8, 4) is 5.75 Å². The summed E-state index contributed by atoms with van der Waals surface area (Å²) < 4.78 is 5.22. The van der Waals surface area contributed by atoms with Crippen LogP contribution in [-0.2, 0) is 4.79 Å². The molecule has 0 bridgehead atoms. The molecule has 0 saturated carbocycles. The van der Waals surface area contributed by atoms with Gasteiger partial charge in [0.2, 0.25) is 5.91 Å². The lowest BCUT2D eigenvalue weighted by Gasteiger charge is -2.28. The number of hydrogen-bond acceptors (Lipinski definition) is 4. The highest BCUT2D eigenvalue weighted by Crippen LogP contribution is 2.26. The molecule has 0 aromatic heterocycles. The molecule has 1 aliphatic rings. The molecule has 1 aromatic rings. The fourth-order valence-electron chi connectivity index (χ4n) is 2.90. The molecule has 22 heavy (non-hydrogen) atoms. The summed E-state index contributed by atoms with van der Waals surface area (Å²) in [7, 11) is 1.67. The molecule has 3 N–H and O–H groups in total. The van der Waals surface area contributed by atoms with E-state index in [-0.39, 0.29) is 11.9 Å². The number of hydrogen-bond donors (Lipinski definition) is 2. The summed E-state index contributed by atoms with van der Waals surface area (Å²) in [5.74, 6) is 0.944. The van der Waals surface area contributed by atoms with E-state index in [2.05, 4.69) is 22.3 Å². The fourth-order valence-corrected chi connectivity index (χ4v) is 2.90. The van der Waals surface area contributed by atoms with Crippen LogP contribution in [0.25, 0.3) is 0 Å². The molecule has 1 amide bonds. The quantitative estimate of drug-likeness (QED) is 0.767. The number of nitrogens with one attached hydrogen (secondary N) is 1. The minimum Gasteiger partial charge on any atom is -0.497 e. The summed E-state index contributed by atoms with van der Waals surface area (Å²) in [6.45, 7) is 3.39. The molecule has 1 atom stereocenters. The van der Waals surface area contributed by atoms with Gasteiger partial charge in [-0.1, -0.05) is 12.1 Å². The van der Waals surface area contributed by atoms with Crippen LogP contribution in [0, 0.1) is 0 Å². The number of ether oxygens (including phenoxy) is 1. The van der Waals surface area contributed by atoms with Gasteiger partial charge in [0.15, 0.2) is 0 Å². The average molecular weight is 305 g/mol. The number of carbonyl (C=O) groups is 1. The van der Waals surface area contributed by atoms with Crippen molar-refractivity contribution < 1.29 is 9.53 Å². The van der Waals surface area contributed by atoms with E-state index in [4.69, 9.17) is 10.5 Å². The summed E-state index contributed by atoms with van der Waals surface area (Å²) in [6, 6.07) is 8.38. The first-order chi connectivity index (χ1) is 10.7. The molecule has 2 rings (SSSR count). The maximum Gasteiger partial charge on any atom is 0.220 e. The van der Waals surface area contributed by atoms with Crippen LogP contribution in [0.2, 0.25) is 0 Å². The molecule has 1 aromatic carbocycles. The highest BCUT2D eigenvalue weighted by atomic mass is 16.5. The van der Waals surface area contributed by atoms with Crippen LogP contribution in [-0.4, -0.2) is 44.1 Å². The van der Waals surface area contributed by atoms with Crippen molar-refractivity contribution in [3.63, 3.8) is 0 Å². The number of nitrogens with two attached hydrogens (primary N) is 1. The molecular formula is C17H27N3O2. The van der Waals surface area contributed by atoms with Crippen LogP contribution in [0.4, 0.5) is 0 Å². The third kappa shape index (κ3) is 4.71. The van der Waals surface area contributed by atoms with Crippen molar-refractivity contribution in [1.82, 2.24) is 10.2 Å². The molecule has 0 spiro atoms. The highest BCUT2D eigenvalue weighted by Gasteiger charge is 2.23. The fraction of sp³-hybridized carbons (Fsp3) is 0.588. The second-order valence-electron chi connectivity index (χ2n) is 5.73. The summed E-state index contributed by atoms with van der Waals surface area (Å²) in [5, 5.41) is 3.05. The predicted octanol–water partition coefficient (Wildman–Crippen LogP) is 1.69. The third-order valence-corrected chi connectivity index (χ3v) is 4.18. The first kappa shape index (κ1) is 16.8. The maximum absolute atomic E-state index is 11.8. The van der Waals surface area contributed by atoms with E-state index in [9.17, 15) is 4.79 Å². The molecule has 0 aliphatic carbocycles. The van der Waals surface area contributed by atoms with Crippen LogP contribution < -0.4 is 15.8 Å².